The Kier molecular flexibility index (Phi) is 7.81. The number of morpholine rings is 1. The second-order valence-corrected chi connectivity index (χ2v) is 7.79. The summed E-state index contributed by atoms with van der Waals surface area (Å²) in [5.41, 5.74) is 2.79. The molecule has 3 fully saturated rings. The van der Waals surface area contributed by atoms with Crippen LogP contribution in [0, 0.1) is 11.3 Å². The van der Waals surface area contributed by atoms with E-state index in [2.05, 4.69) is 34.5 Å². The SMILES string of the molecule is CN(Cc1ccccc1N1CCOCC1)C(=O)C1CC12CCNCC2.Cl.Cl. The first-order valence-electron chi connectivity index (χ1n) is 9.56. The number of nitrogens with one attached hydrogen (secondary N) is 1. The van der Waals surface area contributed by atoms with E-state index in [1.165, 1.54) is 11.3 Å². The number of carbonyl (C=O) groups excluding carboxylic acids is 1. The normalized spacial score (nSPS) is 23.1. The fraction of sp³-hybridized carbons (Fsp3) is 0.650. The number of hydrogen-bond acceptors (Lipinski definition) is 4. The highest BCUT2D eigenvalue weighted by molar-refractivity contribution is 5.85. The fourth-order valence-electron chi connectivity index (χ4n) is 4.53. The van der Waals surface area contributed by atoms with Crippen LogP contribution in [0.4, 0.5) is 5.69 Å². The molecule has 1 unspecified atom stereocenters. The van der Waals surface area contributed by atoms with Crippen LogP contribution < -0.4 is 10.2 Å². The molecule has 2 aliphatic heterocycles. The molecule has 1 aromatic carbocycles. The van der Waals surface area contributed by atoms with Gasteiger partial charge in [-0.1, -0.05) is 18.2 Å². The summed E-state index contributed by atoms with van der Waals surface area (Å²) in [6.45, 7) is 6.22. The van der Waals surface area contributed by atoms with Crippen molar-refractivity contribution in [3.8, 4) is 0 Å². The number of anilines is 1. The molecule has 5 nitrogen and oxygen atoms in total. The highest BCUT2D eigenvalue weighted by Gasteiger charge is 2.58. The van der Waals surface area contributed by atoms with Gasteiger partial charge in [0.25, 0.3) is 0 Å². The minimum absolute atomic E-state index is 0. The molecule has 152 valence electrons. The Morgan fingerprint density at radius 2 is 1.89 bits per heavy atom. The molecule has 1 N–H and O–H groups in total. The van der Waals surface area contributed by atoms with Crippen LogP contribution in [0.5, 0.6) is 0 Å². The number of halogens is 2. The summed E-state index contributed by atoms with van der Waals surface area (Å²) in [6.07, 6.45) is 3.40. The van der Waals surface area contributed by atoms with Gasteiger partial charge in [-0.05, 0) is 49.4 Å². The van der Waals surface area contributed by atoms with Gasteiger partial charge in [-0.2, -0.15) is 0 Å². The van der Waals surface area contributed by atoms with Gasteiger partial charge in [0.05, 0.1) is 13.2 Å². The van der Waals surface area contributed by atoms with Crippen LogP contribution in [0.3, 0.4) is 0 Å². The first kappa shape index (κ1) is 22.3. The second kappa shape index (κ2) is 9.46. The number of para-hydroxylation sites is 1. The number of carbonyl (C=O) groups is 1. The third kappa shape index (κ3) is 4.70. The molecule has 1 atom stereocenters. The van der Waals surface area contributed by atoms with E-state index in [-0.39, 0.29) is 30.7 Å². The first-order valence-corrected chi connectivity index (χ1v) is 9.56. The van der Waals surface area contributed by atoms with Crippen LogP contribution in [0.2, 0.25) is 0 Å². The minimum atomic E-state index is 0. The molecule has 7 heteroatoms. The summed E-state index contributed by atoms with van der Waals surface area (Å²) in [7, 11) is 1.96. The van der Waals surface area contributed by atoms with Crippen LogP contribution in [0.25, 0.3) is 0 Å². The lowest BCUT2D eigenvalue weighted by molar-refractivity contribution is -0.132. The summed E-state index contributed by atoms with van der Waals surface area (Å²) >= 11 is 0. The smallest absolute Gasteiger partial charge is 0.226 e. The summed E-state index contributed by atoms with van der Waals surface area (Å²) < 4.78 is 5.47. The van der Waals surface area contributed by atoms with Gasteiger partial charge in [0.2, 0.25) is 5.91 Å². The number of nitrogens with zero attached hydrogens (tertiary/aromatic N) is 2. The standard InChI is InChI=1S/C20H29N3O2.2ClH/c1-22(19(24)17-14-20(17)6-8-21-9-7-20)15-16-4-2-3-5-18(16)23-10-12-25-13-11-23;;/h2-5,17,21H,6-15H2,1H3;2*1H. The number of benzene rings is 1. The Labute approximate surface area is 174 Å². The van der Waals surface area contributed by atoms with Crippen molar-refractivity contribution in [2.45, 2.75) is 25.8 Å². The van der Waals surface area contributed by atoms with Gasteiger partial charge in [0.15, 0.2) is 0 Å². The third-order valence-corrected chi connectivity index (χ3v) is 6.21. The average Bonchev–Trinajstić information content (AvgIpc) is 3.35. The lowest BCUT2D eigenvalue weighted by Crippen LogP contribution is -2.38. The van der Waals surface area contributed by atoms with E-state index in [0.29, 0.717) is 17.9 Å². The number of piperidine rings is 1. The molecule has 1 aromatic rings. The van der Waals surface area contributed by atoms with E-state index in [4.69, 9.17) is 4.74 Å². The van der Waals surface area contributed by atoms with E-state index in [1.54, 1.807) is 0 Å². The van der Waals surface area contributed by atoms with Gasteiger partial charge in [-0.3, -0.25) is 4.79 Å². The molecule has 2 heterocycles. The lowest BCUT2D eigenvalue weighted by atomic mass is 9.91. The van der Waals surface area contributed by atoms with Gasteiger partial charge >= 0.3 is 0 Å². The van der Waals surface area contributed by atoms with Crippen LogP contribution >= 0.6 is 24.8 Å². The maximum atomic E-state index is 12.9. The second-order valence-electron chi connectivity index (χ2n) is 7.79. The number of ether oxygens (including phenoxy) is 1. The zero-order chi connectivity index (χ0) is 17.3. The Balaban J connectivity index is 0.00000131. The molecule has 4 rings (SSSR count). The predicted molar refractivity (Wildman–Crippen MR) is 113 cm³/mol. The van der Waals surface area contributed by atoms with Crippen molar-refractivity contribution in [2.24, 2.45) is 11.3 Å². The van der Waals surface area contributed by atoms with Gasteiger partial charge in [-0.15, -0.1) is 24.8 Å². The van der Waals surface area contributed by atoms with Gasteiger partial charge in [-0.25, -0.2) is 0 Å². The summed E-state index contributed by atoms with van der Waals surface area (Å²) in [5, 5.41) is 3.41. The highest BCUT2D eigenvalue weighted by Crippen LogP contribution is 2.59. The third-order valence-electron chi connectivity index (χ3n) is 6.21. The van der Waals surface area contributed by atoms with E-state index in [1.807, 2.05) is 11.9 Å². The largest absolute Gasteiger partial charge is 0.378 e. The Morgan fingerprint density at radius 1 is 1.22 bits per heavy atom. The van der Waals surface area contributed by atoms with Crippen molar-refractivity contribution in [3.05, 3.63) is 29.8 Å². The summed E-state index contributed by atoms with van der Waals surface area (Å²) in [4.78, 5) is 17.3. The van der Waals surface area contributed by atoms with Gasteiger partial charge in [0, 0.05) is 38.3 Å². The molecule has 0 aromatic heterocycles. The molecule has 0 radical (unpaired) electrons. The molecular formula is C20H31Cl2N3O2. The minimum Gasteiger partial charge on any atom is -0.378 e. The van der Waals surface area contributed by atoms with E-state index in [0.717, 1.165) is 58.7 Å². The molecule has 1 spiro atoms. The summed E-state index contributed by atoms with van der Waals surface area (Å²) in [6, 6.07) is 8.48. The van der Waals surface area contributed by atoms with Crippen LogP contribution in [-0.2, 0) is 16.1 Å². The summed E-state index contributed by atoms with van der Waals surface area (Å²) in [5.74, 6) is 0.578. The maximum absolute atomic E-state index is 12.9. The van der Waals surface area contributed by atoms with Gasteiger partial charge < -0.3 is 19.9 Å². The highest BCUT2D eigenvalue weighted by atomic mass is 35.5. The van der Waals surface area contributed by atoms with E-state index >= 15 is 0 Å². The Hall–Kier alpha value is -1.01. The molecule has 1 amide bonds. The van der Waals surface area contributed by atoms with Crippen molar-refractivity contribution in [1.82, 2.24) is 10.2 Å². The quantitative estimate of drug-likeness (QED) is 0.820. The number of hydrogen-bond donors (Lipinski definition) is 1. The molecule has 27 heavy (non-hydrogen) atoms. The topological polar surface area (TPSA) is 44.8 Å². The first-order chi connectivity index (χ1) is 12.2. The molecule has 2 saturated heterocycles. The monoisotopic (exact) mass is 415 g/mol. The Bertz CT molecular complexity index is 631. The van der Waals surface area contributed by atoms with Crippen molar-refractivity contribution in [1.29, 1.82) is 0 Å². The van der Waals surface area contributed by atoms with Crippen molar-refractivity contribution < 1.29 is 9.53 Å². The number of amides is 1. The van der Waals surface area contributed by atoms with E-state index < -0.39 is 0 Å². The maximum Gasteiger partial charge on any atom is 0.226 e. The molecule has 3 aliphatic rings. The van der Waals surface area contributed by atoms with Gasteiger partial charge in [0.1, 0.15) is 0 Å². The van der Waals surface area contributed by atoms with E-state index in [9.17, 15) is 4.79 Å². The molecule has 0 bridgehead atoms. The Morgan fingerprint density at radius 3 is 2.59 bits per heavy atom. The fourth-order valence-corrected chi connectivity index (χ4v) is 4.53. The average molecular weight is 416 g/mol. The zero-order valence-corrected chi connectivity index (χ0v) is 17.6. The molecule has 1 aliphatic carbocycles. The van der Waals surface area contributed by atoms with Crippen molar-refractivity contribution in [2.75, 3.05) is 51.3 Å². The predicted octanol–water partition coefficient (Wildman–Crippen LogP) is 2.71. The molecular weight excluding hydrogens is 385 g/mol. The van der Waals surface area contributed by atoms with Crippen molar-refractivity contribution >= 4 is 36.4 Å². The molecule has 1 saturated carbocycles. The lowest BCUT2D eigenvalue weighted by Gasteiger charge is -2.31. The van der Waals surface area contributed by atoms with Crippen LogP contribution in [-0.4, -0.2) is 57.2 Å². The van der Waals surface area contributed by atoms with Crippen LogP contribution in [0.1, 0.15) is 24.8 Å². The van der Waals surface area contributed by atoms with Crippen LogP contribution in [0.15, 0.2) is 24.3 Å². The number of rotatable bonds is 4. The van der Waals surface area contributed by atoms with Crippen molar-refractivity contribution in [3.63, 3.8) is 0 Å². The zero-order valence-electron chi connectivity index (χ0n) is 16.0.